The molecular weight excluding hydrogens is 240 g/mol. The van der Waals surface area contributed by atoms with E-state index < -0.39 is 0 Å². The Labute approximate surface area is 115 Å². The first-order valence-corrected chi connectivity index (χ1v) is 8.10. The molecule has 0 amide bonds. The van der Waals surface area contributed by atoms with E-state index in [0.29, 0.717) is 18.4 Å². The molecule has 0 saturated heterocycles. The van der Waals surface area contributed by atoms with Crippen LogP contribution >= 0.6 is 11.3 Å². The van der Waals surface area contributed by atoms with Crippen LogP contribution in [0.1, 0.15) is 68.0 Å². The summed E-state index contributed by atoms with van der Waals surface area (Å²) in [4.78, 5) is 6.23. The van der Waals surface area contributed by atoms with Crippen LogP contribution in [0.2, 0.25) is 0 Å². The summed E-state index contributed by atoms with van der Waals surface area (Å²) in [6.07, 6.45) is 6.44. The normalized spacial score (nSPS) is 24.7. The van der Waals surface area contributed by atoms with Crippen molar-refractivity contribution in [1.82, 2.24) is 4.98 Å². The molecular formula is C15H26N2S. The Morgan fingerprint density at radius 2 is 1.94 bits per heavy atom. The van der Waals surface area contributed by atoms with Crippen molar-refractivity contribution in [1.29, 1.82) is 0 Å². The van der Waals surface area contributed by atoms with Crippen molar-refractivity contribution in [3.05, 3.63) is 15.6 Å². The third-order valence-corrected chi connectivity index (χ3v) is 5.23. The molecule has 0 aromatic carbocycles. The van der Waals surface area contributed by atoms with Crippen molar-refractivity contribution < 1.29 is 0 Å². The fourth-order valence-corrected chi connectivity index (χ4v) is 3.93. The molecule has 1 saturated carbocycles. The Morgan fingerprint density at radius 3 is 2.50 bits per heavy atom. The fraction of sp³-hybridized carbons (Fsp3) is 0.800. The van der Waals surface area contributed by atoms with Crippen molar-refractivity contribution in [2.24, 2.45) is 17.6 Å². The highest BCUT2D eigenvalue weighted by Gasteiger charge is 2.23. The molecule has 18 heavy (non-hydrogen) atoms. The Morgan fingerprint density at radius 1 is 1.28 bits per heavy atom. The van der Waals surface area contributed by atoms with Gasteiger partial charge in [-0.05, 0) is 31.1 Å². The molecule has 0 atom stereocenters. The lowest BCUT2D eigenvalue weighted by Gasteiger charge is -2.24. The van der Waals surface area contributed by atoms with Crippen molar-refractivity contribution in [3.8, 4) is 0 Å². The molecule has 1 aliphatic carbocycles. The van der Waals surface area contributed by atoms with Gasteiger partial charge in [0.1, 0.15) is 0 Å². The molecule has 1 aromatic heterocycles. The van der Waals surface area contributed by atoms with Gasteiger partial charge in [0.15, 0.2) is 0 Å². The van der Waals surface area contributed by atoms with Gasteiger partial charge < -0.3 is 5.73 Å². The monoisotopic (exact) mass is 266 g/mol. The second kappa shape index (κ2) is 6.16. The lowest BCUT2D eigenvalue weighted by Crippen LogP contribution is -2.10. The second-order valence-corrected chi connectivity index (χ2v) is 7.30. The van der Waals surface area contributed by atoms with Crippen molar-refractivity contribution in [2.45, 2.75) is 65.3 Å². The van der Waals surface area contributed by atoms with Crippen LogP contribution in [0.25, 0.3) is 0 Å². The van der Waals surface area contributed by atoms with Crippen LogP contribution in [-0.4, -0.2) is 4.98 Å². The summed E-state index contributed by atoms with van der Waals surface area (Å²) in [5, 5.41) is 1.36. The van der Waals surface area contributed by atoms with Gasteiger partial charge in [-0.3, -0.25) is 0 Å². The summed E-state index contributed by atoms with van der Waals surface area (Å²) >= 11 is 1.87. The highest BCUT2D eigenvalue weighted by Crippen LogP contribution is 2.38. The lowest BCUT2D eigenvalue weighted by molar-refractivity contribution is 0.347. The average molecular weight is 266 g/mol. The highest BCUT2D eigenvalue weighted by molar-refractivity contribution is 7.11. The predicted molar refractivity (Wildman–Crippen MR) is 78.9 cm³/mol. The first-order valence-electron chi connectivity index (χ1n) is 7.28. The van der Waals surface area contributed by atoms with Crippen LogP contribution in [0.4, 0.5) is 0 Å². The number of nitrogens with two attached hydrogens (primary N) is 1. The number of aromatic nitrogens is 1. The van der Waals surface area contributed by atoms with Gasteiger partial charge in [0.05, 0.1) is 10.7 Å². The summed E-state index contributed by atoms with van der Waals surface area (Å²) in [6.45, 7) is 7.53. The summed E-state index contributed by atoms with van der Waals surface area (Å²) in [5.74, 6) is 2.28. The summed E-state index contributed by atoms with van der Waals surface area (Å²) in [5.41, 5.74) is 7.13. The molecule has 0 bridgehead atoms. The molecule has 2 nitrogen and oxygen atoms in total. The Hall–Kier alpha value is -0.410. The molecule has 0 unspecified atom stereocenters. The molecule has 3 heteroatoms. The van der Waals surface area contributed by atoms with Gasteiger partial charge in [0, 0.05) is 17.3 Å². The highest BCUT2D eigenvalue weighted by atomic mass is 32.1. The maximum Gasteiger partial charge on any atom is 0.0962 e. The van der Waals surface area contributed by atoms with Gasteiger partial charge in [0.2, 0.25) is 0 Å². The van der Waals surface area contributed by atoms with Gasteiger partial charge in [-0.15, -0.1) is 11.3 Å². The average Bonchev–Trinajstić information content (AvgIpc) is 2.72. The third-order valence-electron chi connectivity index (χ3n) is 3.95. The SMILES string of the molecule is CC(C)Cc1nc(C2CCC(C)CC2)sc1CN. The molecule has 1 heterocycles. The summed E-state index contributed by atoms with van der Waals surface area (Å²) in [7, 11) is 0. The van der Waals surface area contributed by atoms with E-state index in [-0.39, 0.29) is 0 Å². The van der Waals surface area contributed by atoms with Crippen LogP contribution in [0, 0.1) is 11.8 Å². The largest absolute Gasteiger partial charge is 0.326 e. The minimum absolute atomic E-state index is 0.656. The molecule has 0 spiro atoms. The summed E-state index contributed by atoms with van der Waals surface area (Å²) in [6, 6.07) is 0. The number of rotatable bonds is 4. The van der Waals surface area contributed by atoms with Gasteiger partial charge >= 0.3 is 0 Å². The van der Waals surface area contributed by atoms with E-state index in [0.717, 1.165) is 12.3 Å². The molecule has 1 fully saturated rings. The van der Waals surface area contributed by atoms with E-state index in [1.165, 1.54) is 41.3 Å². The predicted octanol–water partition coefficient (Wildman–Crippen LogP) is 4.09. The Bertz CT molecular complexity index is 376. The van der Waals surface area contributed by atoms with Crippen molar-refractivity contribution in [2.75, 3.05) is 0 Å². The lowest BCUT2D eigenvalue weighted by atomic mass is 9.83. The fourth-order valence-electron chi connectivity index (χ4n) is 2.79. The zero-order chi connectivity index (χ0) is 13.1. The quantitative estimate of drug-likeness (QED) is 0.891. The van der Waals surface area contributed by atoms with E-state index in [1.807, 2.05) is 11.3 Å². The van der Waals surface area contributed by atoms with E-state index in [2.05, 4.69) is 20.8 Å². The molecule has 1 aromatic rings. The van der Waals surface area contributed by atoms with Gasteiger partial charge in [-0.2, -0.15) is 0 Å². The minimum atomic E-state index is 0.656. The zero-order valence-corrected chi connectivity index (χ0v) is 12.7. The maximum atomic E-state index is 5.86. The number of hydrogen-bond donors (Lipinski definition) is 1. The Kier molecular flexibility index (Phi) is 4.79. The maximum absolute atomic E-state index is 5.86. The van der Waals surface area contributed by atoms with Crippen LogP contribution in [0.3, 0.4) is 0 Å². The second-order valence-electron chi connectivity index (χ2n) is 6.18. The number of hydrogen-bond acceptors (Lipinski definition) is 3. The zero-order valence-electron chi connectivity index (χ0n) is 11.9. The van der Waals surface area contributed by atoms with Crippen molar-refractivity contribution >= 4 is 11.3 Å². The first kappa shape index (κ1) is 14.0. The summed E-state index contributed by atoms with van der Waals surface area (Å²) < 4.78 is 0. The van der Waals surface area contributed by atoms with Crippen LogP contribution in [0.5, 0.6) is 0 Å². The van der Waals surface area contributed by atoms with E-state index in [9.17, 15) is 0 Å². The van der Waals surface area contributed by atoms with E-state index >= 15 is 0 Å². The number of nitrogens with zero attached hydrogens (tertiary/aromatic N) is 1. The van der Waals surface area contributed by atoms with Gasteiger partial charge in [-0.1, -0.05) is 33.6 Å². The van der Waals surface area contributed by atoms with Gasteiger partial charge in [-0.25, -0.2) is 4.98 Å². The molecule has 102 valence electrons. The number of thiazole rings is 1. The minimum Gasteiger partial charge on any atom is -0.326 e. The van der Waals surface area contributed by atoms with Crippen LogP contribution in [0.15, 0.2) is 0 Å². The molecule has 2 N–H and O–H groups in total. The molecule has 2 rings (SSSR count). The van der Waals surface area contributed by atoms with Crippen molar-refractivity contribution in [3.63, 3.8) is 0 Å². The third kappa shape index (κ3) is 3.33. The Balaban J connectivity index is 2.11. The smallest absolute Gasteiger partial charge is 0.0962 e. The topological polar surface area (TPSA) is 38.9 Å². The van der Waals surface area contributed by atoms with Gasteiger partial charge in [0.25, 0.3) is 0 Å². The van der Waals surface area contributed by atoms with E-state index in [1.54, 1.807) is 0 Å². The first-order chi connectivity index (χ1) is 8.60. The van der Waals surface area contributed by atoms with Crippen LogP contribution < -0.4 is 5.73 Å². The molecule has 0 aliphatic heterocycles. The standard InChI is InChI=1S/C15H26N2S/c1-10(2)8-13-14(9-16)18-15(17-13)12-6-4-11(3)5-7-12/h10-12H,4-9,16H2,1-3H3. The molecule has 0 radical (unpaired) electrons. The van der Waals surface area contributed by atoms with E-state index in [4.69, 9.17) is 10.7 Å². The molecule has 1 aliphatic rings. The van der Waals surface area contributed by atoms with Crippen LogP contribution in [-0.2, 0) is 13.0 Å².